The molecule has 136 valence electrons. The quantitative estimate of drug-likeness (QED) is 0.437. The molecule has 4 heteroatoms. The Labute approximate surface area is 187 Å². The first-order valence-corrected chi connectivity index (χ1v) is 10.4. The Kier molecular flexibility index (Phi) is 9.05. The molecule has 0 unspecified atom stereocenters. The van der Waals surface area contributed by atoms with Crippen molar-refractivity contribution in [2.75, 3.05) is 0 Å². The lowest BCUT2D eigenvalue weighted by Gasteiger charge is -2.12. The number of nitrogens with zero attached hydrogens (tertiary/aromatic N) is 1. The second-order valence-electron chi connectivity index (χ2n) is 5.30. The molecule has 2 aromatic carbocycles. The van der Waals surface area contributed by atoms with Crippen LogP contribution < -0.4 is 4.74 Å². The molecule has 0 saturated heterocycles. The SMILES string of the molecule is C#CC#CC#CC#CC#COc1cccc(-c2cc(CBr)c(C#N)cc2CBr)c1. The van der Waals surface area contributed by atoms with E-state index in [-0.39, 0.29) is 0 Å². The fraction of sp³-hybridized carbons (Fsp3) is 0.0800. The fourth-order valence-electron chi connectivity index (χ4n) is 2.31. The van der Waals surface area contributed by atoms with Crippen LogP contribution in [0.15, 0.2) is 36.4 Å². The number of alkyl halides is 2. The van der Waals surface area contributed by atoms with Gasteiger partial charge in [0, 0.05) is 34.3 Å². The molecule has 0 aromatic heterocycles. The second-order valence-corrected chi connectivity index (χ2v) is 6.42. The first-order chi connectivity index (χ1) is 14.2. The average Bonchev–Trinajstić information content (AvgIpc) is 2.77. The third kappa shape index (κ3) is 6.55. The summed E-state index contributed by atoms with van der Waals surface area (Å²) in [6, 6.07) is 13.7. The van der Waals surface area contributed by atoms with Crippen LogP contribution in [0, 0.1) is 71.2 Å². The molecule has 0 spiro atoms. The molecule has 2 nitrogen and oxygen atoms in total. The molecule has 0 N–H and O–H groups in total. The molecule has 0 aliphatic rings. The van der Waals surface area contributed by atoms with Crippen LogP contribution in [0.2, 0.25) is 0 Å². The number of halogens is 2. The molecule has 2 aromatic rings. The zero-order valence-electron chi connectivity index (χ0n) is 15.1. The third-order valence-corrected chi connectivity index (χ3v) is 4.76. The van der Waals surface area contributed by atoms with Crippen LogP contribution in [0.3, 0.4) is 0 Å². The van der Waals surface area contributed by atoms with E-state index in [0.717, 1.165) is 22.3 Å². The van der Waals surface area contributed by atoms with Gasteiger partial charge in [-0.15, -0.1) is 6.42 Å². The van der Waals surface area contributed by atoms with Crippen LogP contribution in [0.4, 0.5) is 0 Å². The molecule has 0 fully saturated rings. The minimum absolute atomic E-state index is 0.591. The van der Waals surface area contributed by atoms with Gasteiger partial charge in [-0.2, -0.15) is 5.26 Å². The summed E-state index contributed by atoms with van der Waals surface area (Å²) in [7, 11) is 0. The zero-order chi connectivity index (χ0) is 20.9. The van der Waals surface area contributed by atoms with Crippen molar-refractivity contribution in [1.29, 1.82) is 5.26 Å². The van der Waals surface area contributed by atoms with Crippen molar-refractivity contribution in [1.82, 2.24) is 0 Å². The molecule has 0 saturated carbocycles. The molecule has 0 aliphatic carbocycles. The monoisotopic (exact) mass is 499 g/mol. The lowest BCUT2D eigenvalue weighted by molar-refractivity contribution is 0.520. The predicted molar refractivity (Wildman–Crippen MR) is 122 cm³/mol. The highest BCUT2D eigenvalue weighted by Gasteiger charge is 2.11. The fourth-order valence-corrected chi connectivity index (χ4v) is 3.24. The van der Waals surface area contributed by atoms with Gasteiger partial charge >= 0.3 is 0 Å². The molecule has 0 heterocycles. The van der Waals surface area contributed by atoms with E-state index in [1.165, 1.54) is 0 Å². The average molecular weight is 501 g/mol. The van der Waals surface area contributed by atoms with E-state index >= 15 is 0 Å². The van der Waals surface area contributed by atoms with Crippen LogP contribution in [0.1, 0.15) is 16.7 Å². The van der Waals surface area contributed by atoms with E-state index in [1.54, 1.807) is 0 Å². The van der Waals surface area contributed by atoms with Crippen molar-refractivity contribution in [3.05, 3.63) is 53.1 Å². The normalized spacial score (nSPS) is 8.14. The Hall–Kier alpha value is -3.51. The number of benzene rings is 2. The van der Waals surface area contributed by atoms with Gasteiger partial charge in [0.15, 0.2) is 0 Å². The van der Waals surface area contributed by atoms with Crippen LogP contribution >= 0.6 is 31.9 Å². The van der Waals surface area contributed by atoms with Crippen LogP contribution in [0.5, 0.6) is 5.75 Å². The summed E-state index contributed by atoms with van der Waals surface area (Å²) >= 11 is 6.95. The van der Waals surface area contributed by atoms with Crippen molar-refractivity contribution >= 4 is 31.9 Å². The Balaban J connectivity index is 2.24. The molecule has 29 heavy (non-hydrogen) atoms. The van der Waals surface area contributed by atoms with Crippen molar-refractivity contribution < 1.29 is 4.74 Å². The van der Waals surface area contributed by atoms with Crippen molar-refractivity contribution in [2.24, 2.45) is 0 Å². The Bertz CT molecular complexity index is 1250. The zero-order valence-corrected chi connectivity index (χ0v) is 18.2. The summed E-state index contributed by atoms with van der Waals surface area (Å²) < 4.78 is 5.45. The Morgan fingerprint density at radius 2 is 1.55 bits per heavy atom. The highest BCUT2D eigenvalue weighted by atomic mass is 79.9. The molecule has 0 atom stereocenters. The van der Waals surface area contributed by atoms with Gasteiger partial charge in [-0.1, -0.05) is 44.0 Å². The largest absolute Gasteiger partial charge is 0.407 e. The standard InChI is InChI=1S/C25H11Br2NO/c1-2-3-4-5-6-7-8-9-13-29-24-12-10-11-20(15-24)25-16-21(17-26)23(19-28)14-22(25)18-27/h1,10-12,14-16H,17-18H2. The molecule has 0 aliphatic heterocycles. The van der Waals surface area contributed by atoms with Gasteiger partial charge in [-0.25, -0.2) is 0 Å². The molecule has 0 bridgehead atoms. The lowest BCUT2D eigenvalue weighted by Crippen LogP contribution is -1.94. The van der Waals surface area contributed by atoms with Gasteiger partial charge in [0.1, 0.15) is 11.9 Å². The number of hydrogen-bond acceptors (Lipinski definition) is 2. The number of hydrogen-bond donors (Lipinski definition) is 0. The van der Waals surface area contributed by atoms with Gasteiger partial charge in [-0.05, 0) is 70.2 Å². The van der Waals surface area contributed by atoms with Gasteiger partial charge < -0.3 is 4.74 Å². The maximum Gasteiger partial charge on any atom is 0.140 e. The summed E-state index contributed by atoms with van der Waals surface area (Å²) in [5, 5.41) is 10.6. The van der Waals surface area contributed by atoms with Gasteiger partial charge in [0.25, 0.3) is 0 Å². The maximum absolute atomic E-state index is 9.33. The summed E-state index contributed by atoms with van der Waals surface area (Å²) in [5.41, 5.74) is 4.60. The minimum Gasteiger partial charge on any atom is -0.407 e. The number of terminal acetylenes is 1. The summed E-state index contributed by atoms with van der Waals surface area (Å²) in [6.07, 6.45) is 7.50. The lowest BCUT2D eigenvalue weighted by atomic mass is 9.95. The molecule has 2 rings (SSSR count). The van der Waals surface area contributed by atoms with Gasteiger partial charge in [0.2, 0.25) is 0 Å². The summed E-state index contributed by atoms with van der Waals surface area (Å²) in [4.78, 5) is 0. The van der Waals surface area contributed by atoms with E-state index in [9.17, 15) is 5.26 Å². The molecular weight excluding hydrogens is 490 g/mol. The Morgan fingerprint density at radius 3 is 2.21 bits per heavy atom. The van der Waals surface area contributed by atoms with Crippen LogP contribution in [0.25, 0.3) is 11.1 Å². The van der Waals surface area contributed by atoms with E-state index < -0.39 is 0 Å². The molecule has 0 amide bonds. The molecule has 0 radical (unpaired) electrons. The highest BCUT2D eigenvalue weighted by Crippen LogP contribution is 2.31. The minimum atomic E-state index is 0.591. The van der Waals surface area contributed by atoms with E-state index in [0.29, 0.717) is 22.0 Å². The van der Waals surface area contributed by atoms with Crippen molar-refractivity contribution in [3.8, 4) is 82.8 Å². The molecular formula is C25H11Br2NO. The third-order valence-electron chi connectivity index (χ3n) is 3.55. The van der Waals surface area contributed by atoms with Gasteiger partial charge in [-0.3, -0.25) is 0 Å². The van der Waals surface area contributed by atoms with Crippen LogP contribution in [-0.4, -0.2) is 0 Å². The maximum atomic E-state index is 9.33. The Morgan fingerprint density at radius 1 is 0.862 bits per heavy atom. The number of nitriles is 1. The highest BCUT2D eigenvalue weighted by molar-refractivity contribution is 9.08. The predicted octanol–water partition coefficient (Wildman–Crippen LogP) is 5.00. The number of ether oxygens (including phenoxy) is 1. The smallest absolute Gasteiger partial charge is 0.140 e. The first-order valence-electron chi connectivity index (χ1n) is 8.14. The van der Waals surface area contributed by atoms with Crippen LogP contribution in [-0.2, 0) is 10.7 Å². The summed E-state index contributed by atoms with van der Waals surface area (Å²) in [6.45, 7) is 0. The van der Waals surface area contributed by atoms with Crippen molar-refractivity contribution in [3.63, 3.8) is 0 Å². The van der Waals surface area contributed by atoms with Gasteiger partial charge in [0.05, 0.1) is 11.6 Å². The topological polar surface area (TPSA) is 33.0 Å². The van der Waals surface area contributed by atoms with E-state index in [1.807, 2.05) is 36.4 Å². The summed E-state index contributed by atoms with van der Waals surface area (Å²) in [5.74, 6) is 20.2. The van der Waals surface area contributed by atoms with Crippen molar-refractivity contribution in [2.45, 2.75) is 10.7 Å². The first kappa shape index (κ1) is 21.8. The second kappa shape index (κ2) is 12.0. The van der Waals surface area contributed by atoms with E-state index in [2.05, 4.69) is 91.4 Å². The number of rotatable bonds is 4. The van der Waals surface area contributed by atoms with E-state index in [4.69, 9.17) is 11.2 Å².